The predicted octanol–water partition coefficient (Wildman–Crippen LogP) is 1.71. The molecule has 14 heavy (non-hydrogen) atoms. The Labute approximate surface area is 79.6 Å². The van der Waals surface area contributed by atoms with Crippen molar-refractivity contribution in [1.29, 1.82) is 0 Å². The van der Waals surface area contributed by atoms with Crippen molar-refractivity contribution in [1.82, 2.24) is 0 Å². The van der Waals surface area contributed by atoms with Crippen LogP contribution in [0.5, 0.6) is 0 Å². The van der Waals surface area contributed by atoms with E-state index in [0.717, 1.165) is 0 Å². The molecule has 1 rings (SSSR count). The van der Waals surface area contributed by atoms with Gasteiger partial charge in [-0.2, -0.15) is 0 Å². The molecule has 1 aromatic carbocycles. The highest BCUT2D eigenvalue weighted by Gasteiger charge is 2.13. The van der Waals surface area contributed by atoms with Crippen molar-refractivity contribution >= 4 is 11.7 Å². The van der Waals surface area contributed by atoms with Gasteiger partial charge in [0.1, 0.15) is 6.04 Å². The minimum Gasteiger partial charge on any atom is -0.480 e. The van der Waals surface area contributed by atoms with Crippen LogP contribution in [0, 0.1) is 0 Å². The van der Waals surface area contributed by atoms with E-state index in [0.29, 0.717) is 11.3 Å². The Morgan fingerprint density at radius 3 is 2.50 bits per heavy atom. The Morgan fingerprint density at radius 2 is 2.07 bits per heavy atom. The molecule has 0 saturated carbocycles. The summed E-state index contributed by atoms with van der Waals surface area (Å²) in [7, 11) is 0. The smallest absolute Gasteiger partial charge is 0.325 e. The molecular weight excluding hydrogens is 184 g/mol. The maximum Gasteiger partial charge on any atom is 0.325 e. The molecule has 0 saturated heterocycles. The van der Waals surface area contributed by atoms with E-state index in [4.69, 9.17) is 16.4 Å². The fraction of sp³-hybridized carbons (Fsp3) is 0.125. The van der Waals surface area contributed by atoms with Crippen molar-refractivity contribution < 1.29 is 9.90 Å². The van der Waals surface area contributed by atoms with Crippen LogP contribution < -0.4 is 5.73 Å². The van der Waals surface area contributed by atoms with Crippen molar-refractivity contribution in [2.45, 2.75) is 6.04 Å². The molecule has 3 N–H and O–H groups in total. The summed E-state index contributed by atoms with van der Waals surface area (Å²) in [5, 5.41) is 11.9. The van der Waals surface area contributed by atoms with E-state index in [1.54, 1.807) is 0 Å². The van der Waals surface area contributed by atoms with Gasteiger partial charge < -0.3 is 10.8 Å². The summed E-state index contributed by atoms with van der Waals surface area (Å²) in [6.07, 6.45) is 0. The molecule has 0 fully saturated rings. The van der Waals surface area contributed by atoms with Crippen molar-refractivity contribution in [2.75, 3.05) is 0 Å². The zero-order chi connectivity index (χ0) is 10.6. The van der Waals surface area contributed by atoms with Crippen LogP contribution in [-0.4, -0.2) is 11.1 Å². The Kier molecular flexibility index (Phi) is 3.06. The summed E-state index contributed by atoms with van der Waals surface area (Å²) in [5.74, 6) is -1.10. The van der Waals surface area contributed by atoms with Crippen LogP contribution in [-0.2, 0) is 4.79 Å². The number of rotatable bonds is 3. The van der Waals surface area contributed by atoms with Crippen LogP contribution in [0.4, 0.5) is 5.69 Å². The number of carbonyl (C=O) groups is 1. The molecular formula is C8H8N4O2. The topological polar surface area (TPSA) is 112 Å². The van der Waals surface area contributed by atoms with E-state index in [1.165, 1.54) is 24.3 Å². The third-order valence-electron chi connectivity index (χ3n) is 1.68. The van der Waals surface area contributed by atoms with Crippen LogP contribution >= 0.6 is 0 Å². The predicted molar refractivity (Wildman–Crippen MR) is 49.8 cm³/mol. The van der Waals surface area contributed by atoms with E-state index >= 15 is 0 Å². The second-order valence-electron chi connectivity index (χ2n) is 2.60. The highest BCUT2D eigenvalue weighted by atomic mass is 16.4. The zero-order valence-electron chi connectivity index (χ0n) is 7.16. The molecule has 1 unspecified atom stereocenters. The third-order valence-corrected chi connectivity index (χ3v) is 1.68. The molecule has 0 bridgehead atoms. The van der Waals surface area contributed by atoms with Crippen LogP contribution in [0.1, 0.15) is 11.6 Å². The minimum absolute atomic E-state index is 0.425. The Balaban J connectivity index is 2.93. The number of carboxylic acid groups (broad SMARTS) is 1. The largest absolute Gasteiger partial charge is 0.480 e. The molecule has 0 aliphatic heterocycles. The number of nitrogens with two attached hydrogens (primary N) is 1. The standard InChI is InChI=1S/C8H8N4O2/c9-7(8(13)14)5-1-3-6(4-2-5)11-12-10/h1-4,7H,9H2,(H,13,14). The molecule has 0 radical (unpaired) electrons. The summed E-state index contributed by atoms with van der Waals surface area (Å²) >= 11 is 0. The first-order valence-corrected chi connectivity index (χ1v) is 3.78. The van der Waals surface area contributed by atoms with Gasteiger partial charge in [-0.15, -0.1) is 0 Å². The first kappa shape index (κ1) is 10.0. The highest BCUT2D eigenvalue weighted by Crippen LogP contribution is 2.16. The van der Waals surface area contributed by atoms with Crippen LogP contribution in [0.2, 0.25) is 0 Å². The van der Waals surface area contributed by atoms with Gasteiger partial charge in [-0.3, -0.25) is 4.79 Å². The Hall–Kier alpha value is -2.04. The van der Waals surface area contributed by atoms with Gasteiger partial charge in [0.15, 0.2) is 0 Å². The van der Waals surface area contributed by atoms with E-state index in [9.17, 15) is 4.79 Å². The van der Waals surface area contributed by atoms with Gasteiger partial charge in [-0.05, 0) is 11.1 Å². The van der Waals surface area contributed by atoms with Crippen LogP contribution in [0.15, 0.2) is 29.4 Å². The molecule has 1 aromatic rings. The molecule has 1 atom stereocenters. The van der Waals surface area contributed by atoms with Crippen LogP contribution in [0.3, 0.4) is 0 Å². The molecule has 6 nitrogen and oxygen atoms in total. The molecule has 72 valence electrons. The summed E-state index contributed by atoms with van der Waals surface area (Å²) in [6.45, 7) is 0. The number of nitrogens with zero attached hydrogens (tertiary/aromatic N) is 3. The molecule has 0 amide bonds. The Bertz CT molecular complexity index is 381. The average molecular weight is 192 g/mol. The van der Waals surface area contributed by atoms with Gasteiger partial charge >= 0.3 is 5.97 Å². The zero-order valence-corrected chi connectivity index (χ0v) is 7.16. The summed E-state index contributed by atoms with van der Waals surface area (Å²) in [6, 6.07) is 5.01. The highest BCUT2D eigenvalue weighted by molar-refractivity contribution is 5.75. The summed E-state index contributed by atoms with van der Waals surface area (Å²) in [4.78, 5) is 13.1. The number of hydrogen-bond donors (Lipinski definition) is 2. The van der Waals surface area contributed by atoms with Crippen molar-refractivity contribution in [3.63, 3.8) is 0 Å². The maximum absolute atomic E-state index is 10.5. The number of carboxylic acids is 1. The fourth-order valence-corrected chi connectivity index (χ4v) is 0.943. The summed E-state index contributed by atoms with van der Waals surface area (Å²) < 4.78 is 0. The second-order valence-corrected chi connectivity index (χ2v) is 2.60. The van der Waals surface area contributed by atoms with E-state index in [2.05, 4.69) is 10.0 Å². The molecule has 0 spiro atoms. The number of aliphatic carboxylic acids is 1. The fourth-order valence-electron chi connectivity index (χ4n) is 0.943. The normalized spacial score (nSPS) is 11.5. The quantitative estimate of drug-likeness (QED) is 0.431. The van der Waals surface area contributed by atoms with Crippen LogP contribution in [0.25, 0.3) is 10.4 Å². The van der Waals surface area contributed by atoms with Gasteiger partial charge in [0.05, 0.1) is 0 Å². The van der Waals surface area contributed by atoms with Gasteiger partial charge in [-0.25, -0.2) is 0 Å². The number of hydrogen-bond acceptors (Lipinski definition) is 3. The van der Waals surface area contributed by atoms with Gasteiger partial charge in [0.25, 0.3) is 0 Å². The minimum atomic E-state index is -1.10. The second kappa shape index (κ2) is 4.27. The molecule has 6 heteroatoms. The maximum atomic E-state index is 10.5. The Morgan fingerprint density at radius 1 is 1.50 bits per heavy atom. The molecule has 0 aromatic heterocycles. The molecule has 0 aliphatic rings. The number of benzene rings is 1. The average Bonchev–Trinajstić information content (AvgIpc) is 2.18. The molecule has 0 heterocycles. The lowest BCUT2D eigenvalue weighted by Crippen LogP contribution is -2.20. The van der Waals surface area contributed by atoms with E-state index < -0.39 is 12.0 Å². The molecule has 0 aliphatic carbocycles. The lowest BCUT2D eigenvalue weighted by molar-refractivity contribution is -0.138. The van der Waals surface area contributed by atoms with Crippen molar-refractivity contribution in [2.24, 2.45) is 10.8 Å². The van der Waals surface area contributed by atoms with Crippen molar-refractivity contribution in [3.8, 4) is 0 Å². The van der Waals surface area contributed by atoms with E-state index in [1.807, 2.05) is 0 Å². The van der Waals surface area contributed by atoms with Gasteiger partial charge in [0.2, 0.25) is 0 Å². The number of azide groups is 1. The van der Waals surface area contributed by atoms with Gasteiger partial charge in [-0.1, -0.05) is 29.4 Å². The van der Waals surface area contributed by atoms with E-state index in [-0.39, 0.29) is 0 Å². The lowest BCUT2D eigenvalue weighted by Gasteiger charge is -2.05. The lowest BCUT2D eigenvalue weighted by atomic mass is 10.1. The first-order chi connectivity index (χ1) is 6.65. The monoisotopic (exact) mass is 192 g/mol. The SMILES string of the molecule is [N-]=[N+]=Nc1ccc(C(N)C(=O)O)cc1. The van der Waals surface area contributed by atoms with Crippen molar-refractivity contribution in [3.05, 3.63) is 40.3 Å². The first-order valence-electron chi connectivity index (χ1n) is 3.78. The summed E-state index contributed by atoms with van der Waals surface area (Å²) in [5.41, 5.74) is 14.4. The third kappa shape index (κ3) is 2.22. The van der Waals surface area contributed by atoms with Gasteiger partial charge in [0, 0.05) is 10.6 Å².